The highest BCUT2D eigenvalue weighted by atomic mass is 32.2. The Hall–Kier alpha value is -1.03. The van der Waals surface area contributed by atoms with Gasteiger partial charge in [-0.2, -0.15) is 0 Å². The van der Waals surface area contributed by atoms with E-state index in [1.165, 1.54) is 25.7 Å². The van der Waals surface area contributed by atoms with E-state index in [1.54, 1.807) is 12.1 Å². The van der Waals surface area contributed by atoms with Crippen molar-refractivity contribution < 1.29 is 8.42 Å². The molecule has 0 spiro atoms. The average Bonchev–Trinajstić information content (AvgIpc) is 2.39. The predicted molar refractivity (Wildman–Crippen MR) is 83.8 cm³/mol. The number of hydrogen-bond donors (Lipinski definition) is 1. The van der Waals surface area contributed by atoms with Gasteiger partial charge in [0.2, 0.25) is 0 Å². The first-order valence-corrected chi connectivity index (χ1v) is 9.26. The molecule has 1 aliphatic rings. The lowest BCUT2D eigenvalue weighted by atomic mass is 9.87. The smallest absolute Gasteiger partial charge is 0.178 e. The van der Waals surface area contributed by atoms with Gasteiger partial charge in [-0.3, -0.25) is 0 Å². The van der Waals surface area contributed by atoms with Crippen molar-refractivity contribution in [2.24, 2.45) is 5.92 Å². The molecule has 0 heterocycles. The summed E-state index contributed by atoms with van der Waals surface area (Å²) in [5, 5.41) is 3.53. The van der Waals surface area contributed by atoms with E-state index in [-0.39, 0.29) is 5.75 Å². The van der Waals surface area contributed by atoms with Gasteiger partial charge in [-0.25, -0.2) is 8.42 Å². The van der Waals surface area contributed by atoms with Gasteiger partial charge in [-0.1, -0.05) is 26.7 Å². The molecule has 2 atom stereocenters. The van der Waals surface area contributed by atoms with Crippen molar-refractivity contribution in [3.8, 4) is 0 Å². The summed E-state index contributed by atoms with van der Waals surface area (Å²) in [6.07, 6.45) is 5.67. The van der Waals surface area contributed by atoms with Gasteiger partial charge in [0.25, 0.3) is 0 Å². The Morgan fingerprint density at radius 1 is 1.20 bits per heavy atom. The first kappa shape index (κ1) is 15.4. The van der Waals surface area contributed by atoms with Crippen LogP contribution in [0.2, 0.25) is 0 Å². The van der Waals surface area contributed by atoms with Gasteiger partial charge in [0, 0.05) is 11.7 Å². The standard InChI is InChI=1S/C16H25NO2S/c1-3-11-20(18,19)16-9-7-14(8-10-16)17-15-6-4-5-13(2)12-15/h7-10,13,15,17H,3-6,11-12H2,1-2H3. The van der Waals surface area contributed by atoms with E-state index in [1.807, 2.05) is 19.1 Å². The maximum atomic E-state index is 12.0. The quantitative estimate of drug-likeness (QED) is 0.897. The van der Waals surface area contributed by atoms with Crippen LogP contribution < -0.4 is 5.32 Å². The molecule has 0 saturated heterocycles. The van der Waals surface area contributed by atoms with E-state index in [2.05, 4.69) is 12.2 Å². The molecule has 0 amide bonds. The third kappa shape index (κ3) is 3.98. The zero-order valence-electron chi connectivity index (χ0n) is 12.4. The lowest BCUT2D eigenvalue weighted by Crippen LogP contribution is -2.26. The highest BCUT2D eigenvalue weighted by molar-refractivity contribution is 7.91. The number of benzene rings is 1. The van der Waals surface area contributed by atoms with Gasteiger partial charge in [-0.05, 0) is 49.4 Å². The molecule has 20 heavy (non-hydrogen) atoms. The largest absolute Gasteiger partial charge is 0.382 e. The lowest BCUT2D eigenvalue weighted by Gasteiger charge is -2.28. The summed E-state index contributed by atoms with van der Waals surface area (Å²) in [5.74, 6) is 1.00. The summed E-state index contributed by atoms with van der Waals surface area (Å²) in [7, 11) is -3.10. The van der Waals surface area contributed by atoms with E-state index < -0.39 is 9.84 Å². The van der Waals surface area contributed by atoms with Crippen LogP contribution in [-0.2, 0) is 9.84 Å². The third-order valence-electron chi connectivity index (χ3n) is 3.99. The summed E-state index contributed by atoms with van der Waals surface area (Å²) in [5.41, 5.74) is 1.03. The first-order valence-electron chi connectivity index (χ1n) is 7.60. The molecule has 1 aromatic rings. The van der Waals surface area contributed by atoms with E-state index >= 15 is 0 Å². The molecule has 0 bridgehead atoms. The Balaban J connectivity index is 2.01. The summed E-state index contributed by atoms with van der Waals surface area (Å²) in [4.78, 5) is 0.432. The van der Waals surface area contributed by atoms with Crippen LogP contribution in [0.3, 0.4) is 0 Å². The van der Waals surface area contributed by atoms with Crippen molar-refractivity contribution >= 4 is 15.5 Å². The molecule has 2 unspecified atom stereocenters. The van der Waals surface area contributed by atoms with Gasteiger partial charge >= 0.3 is 0 Å². The van der Waals surface area contributed by atoms with E-state index in [9.17, 15) is 8.42 Å². The second-order valence-corrected chi connectivity index (χ2v) is 8.07. The van der Waals surface area contributed by atoms with Crippen molar-refractivity contribution in [3.05, 3.63) is 24.3 Å². The van der Waals surface area contributed by atoms with Crippen LogP contribution in [-0.4, -0.2) is 20.2 Å². The van der Waals surface area contributed by atoms with Gasteiger partial charge in [-0.15, -0.1) is 0 Å². The highest BCUT2D eigenvalue weighted by Gasteiger charge is 2.19. The van der Waals surface area contributed by atoms with Gasteiger partial charge in [0.1, 0.15) is 0 Å². The highest BCUT2D eigenvalue weighted by Crippen LogP contribution is 2.26. The van der Waals surface area contributed by atoms with Crippen LogP contribution in [0.1, 0.15) is 46.0 Å². The molecule has 1 aromatic carbocycles. The minimum absolute atomic E-state index is 0.222. The minimum atomic E-state index is -3.10. The molecule has 1 saturated carbocycles. The summed E-state index contributed by atoms with van der Waals surface area (Å²) in [6, 6.07) is 7.75. The monoisotopic (exact) mass is 295 g/mol. The van der Waals surface area contributed by atoms with Crippen molar-refractivity contribution in [2.45, 2.75) is 56.9 Å². The average molecular weight is 295 g/mol. The molecule has 1 N–H and O–H groups in total. The fourth-order valence-electron chi connectivity index (χ4n) is 2.95. The minimum Gasteiger partial charge on any atom is -0.382 e. The van der Waals surface area contributed by atoms with Crippen LogP contribution in [0.4, 0.5) is 5.69 Å². The van der Waals surface area contributed by atoms with Crippen molar-refractivity contribution in [2.75, 3.05) is 11.1 Å². The van der Waals surface area contributed by atoms with Crippen molar-refractivity contribution in [1.29, 1.82) is 0 Å². The number of anilines is 1. The lowest BCUT2D eigenvalue weighted by molar-refractivity contribution is 0.358. The Bertz CT molecular complexity index is 522. The van der Waals surface area contributed by atoms with Crippen LogP contribution in [0.25, 0.3) is 0 Å². The zero-order chi connectivity index (χ0) is 14.6. The molecule has 4 heteroatoms. The van der Waals surface area contributed by atoms with Gasteiger partial charge in [0.05, 0.1) is 10.6 Å². The summed E-state index contributed by atoms with van der Waals surface area (Å²) >= 11 is 0. The molecule has 1 fully saturated rings. The second kappa shape index (κ2) is 6.61. The molecule has 0 aromatic heterocycles. The predicted octanol–water partition coefficient (Wildman–Crippen LogP) is 3.86. The van der Waals surface area contributed by atoms with E-state index in [0.29, 0.717) is 17.4 Å². The van der Waals surface area contributed by atoms with Crippen LogP contribution in [0, 0.1) is 5.92 Å². The second-order valence-electron chi connectivity index (χ2n) is 5.96. The van der Waals surface area contributed by atoms with Crippen molar-refractivity contribution in [1.82, 2.24) is 0 Å². The first-order chi connectivity index (χ1) is 9.51. The normalized spacial score (nSPS) is 23.5. The van der Waals surface area contributed by atoms with E-state index in [4.69, 9.17) is 0 Å². The van der Waals surface area contributed by atoms with E-state index in [0.717, 1.165) is 11.6 Å². The number of hydrogen-bond acceptors (Lipinski definition) is 3. The molecular formula is C16H25NO2S. The van der Waals surface area contributed by atoms with Crippen LogP contribution >= 0.6 is 0 Å². The summed E-state index contributed by atoms with van der Waals surface area (Å²) < 4.78 is 23.9. The van der Waals surface area contributed by atoms with Crippen molar-refractivity contribution in [3.63, 3.8) is 0 Å². The number of rotatable bonds is 5. The Kier molecular flexibility index (Phi) is 5.08. The molecule has 0 aliphatic heterocycles. The molecule has 0 radical (unpaired) electrons. The fourth-order valence-corrected chi connectivity index (χ4v) is 4.27. The number of sulfone groups is 1. The maximum absolute atomic E-state index is 12.0. The molecule has 1 aliphatic carbocycles. The SMILES string of the molecule is CCCS(=O)(=O)c1ccc(NC2CCCC(C)C2)cc1. The van der Waals surface area contributed by atoms with Crippen LogP contribution in [0.5, 0.6) is 0 Å². The van der Waals surface area contributed by atoms with Crippen LogP contribution in [0.15, 0.2) is 29.2 Å². The number of nitrogens with one attached hydrogen (secondary N) is 1. The molecular weight excluding hydrogens is 270 g/mol. The van der Waals surface area contributed by atoms with Gasteiger partial charge in [0.15, 0.2) is 9.84 Å². The van der Waals surface area contributed by atoms with Gasteiger partial charge < -0.3 is 5.32 Å². The molecule has 3 nitrogen and oxygen atoms in total. The molecule has 112 valence electrons. The fraction of sp³-hybridized carbons (Fsp3) is 0.625. The topological polar surface area (TPSA) is 46.2 Å². The Morgan fingerprint density at radius 3 is 2.50 bits per heavy atom. The zero-order valence-corrected chi connectivity index (χ0v) is 13.2. The Morgan fingerprint density at radius 2 is 1.90 bits per heavy atom. The summed E-state index contributed by atoms with van der Waals surface area (Å²) in [6.45, 7) is 4.19. The Labute approximate surface area is 122 Å². The third-order valence-corrected chi connectivity index (χ3v) is 5.93. The molecule has 2 rings (SSSR count). The maximum Gasteiger partial charge on any atom is 0.178 e.